The lowest BCUT2D eigenvalue weighted by Gasteiger charge is -2.39. The Hall–Kier alpha value is -2.01. The minimum atomic E-state index is -0.269. The molecule has 4 nitrogen and oxygen atoms in total. The lowest BCUT2D eigenvalue weighted by Crippen LogP contribution is -2.48. The summed E-state index contributed by atoms with van der Waals surface area (Å²) in [6.45, 7) is 2.06. The number of hydrogen-bond acceptors (Lipinski definition) is 3. The summed E-state index contributed by atoms with van der Waals surface area (Å²) in [5.74, 6) is 0. The first-order chi connectivity index (χ1) is 11.7. The van der Waals surface area contributed by atoms with E-state index in [0.29, 0.717) is 19.2 Å². The molecule has 2 aliphatic heterocycles. The summed E-state index contributed by atoms with van der Waals surface area (Å²) >= 11 is 3.54. The molecule has 1 saturated heterocycles. The van der Waals surface area contributed by atoms with Crippen LogP contribution in [0.3, 0.4) is 0 Å². The molecule has 1 fully saturated rings. The van der Waals surface area contributed by atoms with E-state index < -0.39 is 0 Å². The van der Waals surface area contributed by atoms with Gasteiger partial charge in [0.05, 0.1) is 11.4 Å². The van der Waals surface area contributed by atoms with E-state index in [4.69, 9.17) is 4.74 Å². The van der Waals surface area contributed by atoms with Gasteiger partial charge < -0.3 is 9.64 Å². The van der Waals surface area contributed by atoms with Crippen LogP contribution in [0.25, 0.3) is 0 Å². The fourth-order valence-electron chi connectivity index (χ4n) is 3.58. The zero-order valence-electron chi connectivity index (χ0n) is 13.3. The van der Waals surface area contributed by atoms with Gasteiger partial charge in [-0.15, -0.1) is 0 Å². The Bertz CT molecular complexity index is 750. The van der Waals surface area contributed by atoms with Crippen molar-refractivity contribution in [3.05, 3.63) is 58.6 Å². The van der Waals surface area contributed by atoms with E-state index >= 15 is 0 Å². The SMILES string of the molecule is O=C(OCc1ccccc1)N1CC2CCCN2c2cc(Br)ccc21. The van der Waals surface area contributed by atoms with Crippen LogP contribution in [0.2, 0.25) is 0 Å². The molecular weight excluding hydrogens is 368 g/mol. The first kappa shape index (κ1) is 15.5. The van der Waals surface area contributed by atoms with E-state index in [0.717, 1.165) is 34.4 Å². The van der Waals surface area contributed by atoms with Gasteiger partial charge in [0.2, 0.25) is 0 Å². The van der Waals surface area contributed by atoms with Gasteiger partial charge in [-0.3, -0.25) is 4.90 Å². The number of fused-ring (bicyclic) bond motifs is 3. The Kier molecular flexibility index (Phi) is 4.19. The van der Waals surface area contributed by atoms with Crippen molar-refractivity contribution in [3.8, 4) is 0 Å². The first-order valence-corrected chi connectivity index (χ1v) is 9.06. The molecule has 4 rings (SSSR count). The molecule has 0 radical (unpaired) electrons. The van der Waals surface area contributed by atoms with Crippen molar-refractivity contribution in [1.82, 2.24) is 0 Å². The Balaban J connectivity index is 1.56. The molecule has 1 atom stereocenters. The number of halogens is 1. The molecule has 1 unspecified atom stereocenters. The number of hydrogen-bond donors (Lipinski definition) is 0. The molecule has 1 amide bonds. The Morgan fingerprint density at radius 3 is 2.83 bits per heavy atom. The molecule has 2 aliphatic rings. The molecule has 2 aromatic carbocycles. The highest BCUT2D eigenvalue weighted by molar-refractivity contribution is 9.10. The standard InChI is InChI=1S/C19H19BrN2O2/c20-15-8-9-17-18(11-15)21-10-4-7-16(21)12-22(17)19(23)24-13-14-5-2-1-3-6-14/h1-3,5-6,8-9,11,16H,4,7,10,12-13H2. The fraction of sp³-hybridized carbons (Fsp3) is 0.316. The maximum atomic E-state index is 12.7. The smallest absolute Gasteiger partial charge is 0.414 e. The summed E-state index contributed by atoms with van der Waals surface area (Å²) in [5, 5.41) is 0. The number of amides is 1. The highest BCUT2D eigenvalue weighted by atomic mass is 79.9. The summed E-state index contributed by atoms with van der Waals surface area (Å²) in [6.07, 6.45) is 2.02. The predicted octanol–water partition coefficient (Wildman–Crippen LogP) is 4.57. The van der Waals surface area contributed by atoms with Gasteiger partial charge in [0.1, 0.15) is 6.61 Å². The number of anilines is 2. The van der Waals surface area contributed by atoms with E-state index in [-0.39, 0.29) is 6.09 Å². The highest BCUT2D eigenvalue weighted by Gasteiger charge is 2.37. The van der Waals surface area contributed by atoms with Crippen molar-refractivity contribution in [1.29, 1.82) is 0 Å². The van der Waals surface area contributed by atoms with Gasteiger partial charge in [-0.2, -0.15) is 0 Å². The fourth-order valence-corrected chi connectivity index (χ4v) is 3.93. The zero-order valence-corrected chi connectivity index (χ0v) is 14.9. The Morgan fingerprint density at radius 2 is 2.00 bits per heavy atom. The van der Waals surface area contributed by atoms with Crippen LogP contribution in [0.5, 0.6) is 0 Å². The molecule has 2 heterocycles. The van der Waals surface area contributed by atoms with Crippen LogP contribution < -0.4 is 9.80 Å². The van der Waals surface area contributed by atoms with E-state index in [1.165, 1.54) is 6.42 Å². The largest absolute Gasteiger partial charge is 0.444 e. The maximum absolute atomic E-state index is 12.7. The van der Waals surface area contributed by atoms with Crippen molar-refractivity contribution in [2.75, 3.05) is 22.9 Å². The van der Waals surface area contributed by atoms with Crippen molar-refractivity contribution < 1.29 is 9.53 Å². The molecular formula is C19H19BrN2O2. The van der Waals surface area contributed by atoms with Crippen LogP contribution in [-0.2, 0) is 11.3 Å². The molecule has 0 spiro atoms. The molecule has 0 N–H and O–H groups in total. The van der Waals surface area contributed by atoms with Crippen molar-refractivity contribution in [3.63, 3.8) is 0 Å². The van der Waals surface area contributed by atoms with Gasteiger partial charge >= 0.3 is 6.09 Å². The number of nitrogens with zero attached hydrogens (tertiary/aromatic N) is 2. The number of benzene rings is 2. The van der Waals surface area contributed by atoms with Gasteiger partial charge in [0, 0.05) is 23.6 Å². The molecule has 124 valence electrons. The molecule has 0 saturated carbocycles. The summed E-state index contributed by atoms with van der Waals surface area (Å²) in [5.41, 5.74) is 3.06. The third-order valence-electron chi connectivity index (χ3n) is 4.73. The Labute approximate surface area is 150 Å². The average molecular weight is 387 g/mol. The van der Waals surface area contributed by atoms with Crippen LogP contribution in [-0.4, -0.2) is 25.2 Å². The molecule has 2 aromatic rings. The van der Waals surface area contributed by atoms with Gasteiger partial charge in [-0.05, 0) is 36.6 Å². The van der Waals surface area contributed by atoms with Crippen molar-refractivity contribution in [2.24, 2.45) is 0 Å². The normalized spacial score (nSPS) is 19.0. The third kappa shape index (κ3) is 2.88. The van der Waals surface area contributed by atoms with Gasteiger partial charge in [0.25, 0.3) is 0 Å². The number of rotatable bonds is 2. The quantitative estimate of drug-likeness (QED) is 0.757. The molecule has 0 bridgehead atoms. The van der Waals surface area contributed by atoms with Crippen molar-refractivity contribution >= 4 is 33.4 Å². The molecule has 5 heteroatoms. The minimum Gasteiger partial charge on any atom is -0.444 e. The van der Waals surface area contributed by atoms with E-state index in [1.54, 1.807) is 4.90 Å². The summed E-state index contributed by atoms with van der Waals surface area (Å²) in [4.78, 5) is 16.9. The van der Waals surface area contributed by atoms with E-state index in [9.17, 15) is 4.79 Å². The van der Waals surface area contributed by atoms with Crippen LogP contribution in [0.4, 0.5) is 16.2 Å². The second-order valence-electron chi connectivity index (χ2n) is 6.27. The molecule has 24 heavy (non-hydrogen) atoms. The number of ether oxygens (including phenoxy) is 1. The first-order valence-electron chi connectivity index (χ1n) is 8.27. The van der Waals surface area contributed by atoms with Gasteiger partial charge in [-0.25, -0.2) is 4.79 Å². The molecule has 0 aromatic heterocycles. The predicted molar refractivity (Wildman–Crippen MR) is 98.5 cm³/mol. The molecule has 0 aliphatic carbocycles. The van der Waals surface area contributed by atoms with E-state index in [2.05, 4.69) is 26.9 Å². The number of carbonyl (C=O) groups is 1. The van der Waals surface area contributed by atoms with E-state index in [1.807, 2.05) is 42.5 Å². The highest BCUT2D eigenvalue weighted by Crippen LogP contribution is 2.41. The topological polar surface area (TPSA) is 32.8 Å². The number of carbonyl (C=O) groups excluding carboxylic acids is 1. The third-order valence-corrected chi connectivity index (χ3v) is 5.23. The van der Waals surface area contributed by atoms with Gasteiger partial charge in [0.15, 0.2) is 0 Å². The zero-order chi connectivity index (χ0) is 16.5. The lowest BCUT2D eigenvalue weighted by atomic mass is 10.1. The summed E-state index contributed by atoms with van der Waals surface area (Å²) in [7, 11) is 0. The Morgan fingerprint density at radius 1 is 1.17 bits per heavy atom. The monoisotopic (exact) mass is 386 g/mol. The van der Waals surface area contributed by atoms with Crippen LogP contribution in [0, 0.1) is 0 Å². The summed E-state index contributed by atoms with van der Waals surface area (Å²) in [6, 6.07) is 16.3. The maximum Gasteiger partial charge on any atom is 0.414 e. The second kappa shape index (κ2) is 6.48. The second-order valence-corrected chi connectivity index (χ2v) is 7.19. The average Bonchev–Trinajstić information content (AvgIpc) is 3.08. The summed E-state index contributed by atoms with van der Waals surface area (Å²) < 4.78 is 6.59. The van der Waals surface area contributed by atoms with Gasteiger partial charge in [-0.1, -0.05) is 46.3 Å². The lowest BCUT2D eigenvalue weighted by molar-refractivity contribution is 0.146. The van der Waals surface area contributed by atoms with Crippen LogP contribution in [0.15, 0.2) is 53.0 Å². The van der Waals surface area contributed by atoms with Crippen LogP contribution >= 0.6 is 15.9 Å². The van der Waals surface area contributed by atoms with Crippen LogP contribution in [0.1, 0.15) is 18.4 Å². The van der Waals surface area contributed by atoms with Crippen molar-refractivity contribution in [2.45, 2.75) is 25.5 Å². The minimum absolute atomic E-state index is 0.269.